The van der Waals surface area contributed by atoms with Crippen LogP contribution in [0, 0.1) is 12.3 Å². The van der Waals surface area contributed by atoms with E-state index in [-0.39, 0.29) is 11.8 Å². The quantitative estimate of drug-likeness (QED) is 0.896. The minimum Gasteiger partial charge on any atom is -0.355 e. The van der Waals surface area contributed by atoms with Gasteiger partial charge in [-0.3, -0.25) is 9.59 Å². The molecule has 0 radical (unpaired) electrons. The highest BCUT2D eigenvalue weighted by molar-refractivity contribution is 7.09. The van der Waals surface area contributed by atoms with E-state index < -0.39 is 5.41 Å². The molecular weight excluding hydrogens is 322 g/mol. The van der Waals surface area contributed by atoms with Crippen molar-refractivity contribution >= 4 is 23.2 Å². The molecule has 1 aromatic carbocycles. The second-order valence-electron chi connectivity index (χ2n) is 6.47. The Morgan fingerprint density at radius 1 is 1.46 bits per heavy atom. The molecule has 2 aromatic rings. The van der Waals surface area contributed by atoms with Crippen LogP contribution in [-0.2, 0) is 16.1 Å². The summed E-state index contributed by atoms with van der Waals surface area (Å²) in [7, 11) is 0. The van der Waals surface area contributed by atoms with Crippen molar-refractivity contribution in [3.8, 4) is 11.3 Å². The topological polar surface area (TPSA) is 71.1 Å². The highest BCUT2D eigenvalue weighted by Gasteiger charge is 2.36. The number of hydrogen-bond donors (Lipinski definition) is 2. The van der Waals surface area contributed by atoms with Crippen molar-refractivity contribution in [3.63, 3.8) is 0 Å². The Kier molecular flexibility index (Phi) is 4.66. The molecule has 0 spiro atoms. The normalized spacial score (nSPS) is 20.5. The van der Waals surface area contributed by atoms with Gasteiger partial charge in [0.1, 0.15) is 0 Å². The summed E-state index contributed by atoms with van der Waals surface area (Å²) in [5.74, 6) is 0.00365. The first kappa shape index (κ1) is 16.6. The number of amides is 2. The fraction of sp³-hybridized carbons (Fsp3) is 0.389. The summed E-state index contributed by atoms with van der Waals surface area (Å²) in [5.41, 5.74) is 2.53. The van der Waals surface area contributed by atoms with Gasteiger partial charge in [-0.1, -0.05) is 18.2 Å². The molecule has 1 aliphatic heterocycles. The van der Waals surface area contributed by atoms with Gasteiger partial charge >= 0.3 is 0 Å². The molecule has 1 aliphatic rings. The van der Waals surface area contributed by atoms with E-state index in [2.05, 4.69) is 21.7 Å². The van der Waals surface area contributed by atoms with Crippen LogP contribution in [0.3, 0.4) is 0 Å². The maximum absolute atomic E-state index is 12.5. The van der Waals surface area contributed by atoms with Crippen molar-refractivity contribution in [2.45, 2.75) is 33.2 Å². The molecule has 0 bridgehead atoms. The van der Waals surface area contributed by atoms with E-state index in [1.54, 1.807) is 11.3 Å². The van der Waals surface area contributed by atoms with E-state index in [1.807, 2.05) is 37.4 Å². The smallest absolute Gasteiger partial charge is 0.228 e. The maximum Gasteiger partial charge on any atom is 0.228 e. The van der Waals surface area contributed by atoms with Gasteiger partial charge in [-0.2, -0.15) is 0 Å². The molecule has 126 valence electrons. The van der Waals surface area contributed by atoms with E-state index in [0.29, 0.717) is 25.9 Å². The van der Waals surface area contributed by atoms with Crippen molar-refractivity contribution in [3.05, 3.63) is 40.2 Å². The van der Waals surface area contributed by atoms with Gasteiger partial charge in [0.2, 0.25) is 11.8 Å². The van der Waals surface area contributed by atoms with E-state index in [9.17, 15) is 9.59 Å². The zero-order chi connectivity index (χ0) is 17.2. The molecule has 2 N–H and O–H groups in total. The van der Waals surface area contributed by atoms with Crippen LogP contribution in [0.1, 0.15) is 30.3 Å². The second kappa shape index (κ2) is 6.73. The average Bonchev–Trinajstić information content (AvgIpc) is 3.02. The van der Waals surface area contributed by atoms with Gasteiger partial charge in [0, 0.05) is 30.5 Å². The third kappa shape index (κ3) is 3.64. The molecule has 1 saturated heterocycles. The molecule has 1 fully saturated rings. The van der Waals surface area contributed by atoms with Crippen LogP contribution in [0.2, 0.25) is 0 Å². The molecule has 6 heteroatoms. The molecule has 1 unspecified atom stereocenters. The number of aromatic nitrogens is 1. The fourth-order valence-electron chi connectivity index (χ4n) is 2.79. The molecule has 2 amide bonds. The van der Waals surface area contributed by atoms with Crippen molar-refractivity contribution in [2.75, 3.05) is 6.54 Å². The van der Waals surface area contributed by atoms with Crippen LogP contribution >= 0.6 is 11.3 Å². The number of hydrogen-bond acceptors (Lipinski definition) is 4. The Bertz CT molecular complexity index is 759. The predicted octanol–water partition coefficient (Wildman–Crippen LogP) is 2.65. The number of piperidine rings is 1. The summed E-state index contributed by atoms with van der Waals surface area (Å²) in [6.45, 7) is 4.76. The number of nitrogens with zero attached hydrogens (tertiary/aromatic N) is 1. The second-order valence-corrected chi connectivity index (χ2v) is 7.53. The lowest BCUT2D eigenvalue weighted by Gasteiger charge is -2.32. The van der Waals surface area contributed by atoms with Gasteiger partial charge in [0.05, 0.1) is 16.1 Å². The molecule has 0 saturated carbocycles. The largest absolute Gasteiger partial charge is 0.355 e. The molecular formula is C18H21N3O2S. The van der Waals surface area contributed by atoms with Crippen molar-refractivity contribution in [1.82, 2.24) is 15.6 Å². The molecule has 0 aliphatic carbocycles. The van der Waals surface area contributed by atoms with Crippen LogP contribution in [0.5, 0.6) is 0 Å². The Morgan fingerprint density at radius 2 is 2.29 bits per heavy atom. The summed E-state index contributed by atoms with van der Waals surface area (Å²) in [6.07, 6.45) is 0.991. The number of benzene rings is 1. The van der Waals surface area contributed by atoms with Crippen molar-refractivity contribution in [2.24, 2.45) is 5.41 Å². The Balaban J connectivity index is 1.64. The standard InChI is InChI=1S/C18H21N3O2S/c1-12-21-15(10-24-12)14-5-3-4-13(8-14)9-19-17(23)18(2)7-6-16(22)20-11-18/h3-5,8,10H,6-7,9,11H2,1-2H3,(H,19,23)(H,20,22). The summed E-state index contributed by atoms with van der Waals surface area (Å²) < 4.78 is 0. The monoisotopic (exact) mass is 343 g/mol. The molecule has 1 aromatic heterocycles. The molecule has 3 rings (SSSR count). The molecule has 1 atom stereocenters. The number of nitrogens with one attached hydrogen (secondary N) is 2. The van der Waals surface area contributed by atoms with Gasteiger partial charge in [-0.25, -0.2) is 4.98 Å². The van der Waals surface area contributed by atoms with Crippen LogP contribution in [0.25, 0.3) is 11.3 Å². The maximum atomic E-state index is 12.5. The van der Waals surface area contributed by atoms with E-state index >= 15 is 0 Å². The van der Waals surface area contributed by atoms with Crippen LogP contribution < -0.4 is 10.6 Å². The molecule has 24 heavy (non-hydrogen) atoms. The number of carbonyl (C=O) groups is 2. The lowest BCUT2D eigenvalue weighted by atomic mass is 9.81. The predicted molar refractivity (Wildman–Crippen MR) is 94.5 cm³/mol. The SMILES string of the molecule is Cc1nc(-c2cccc(CNC(=O)C3(C)CCC(=O)NC3)c2)cs1. The number of rotatable bonds is 4. The van der Waals surface area contributed by atoms with Crippen molar-refractivity contribution in [1.29, 1.82) is 0 Å². The van der Waals surface area contributed by atoms with Gasteiger partial charge in [-0.15, -0.1) is 11.3 Å². The van der Waals surface area contributed by atoms with E-state index in [4.69, 9.17) is 0 Å². The summed E-state index contributed by atoms with van der Waals surface area (Å²) in [4.78, 5) is 28.3. The van der Waals surface area contributed by atoms with Crippen LogP contribution in [0.4, 0.5) is 0 Å². The lowest BCUT2D eigenvalue weighted by molar-refractivity contribution is -0.134. The third-order valence-corrected chi connectivity index (χ3v) is 5.20. The van der Waals surface area contributed by atoms with Crippen LogP contribution in [-0.4, -0.2) is 23.3 Å². The van der Waals surface area contributed by atoms with Crippen LogP contribution in [0.15, 0.2) is 29.6 Å². The first-order valence-corrected chi connectivity index (χ1v) is 8.91. The number of carbonyl (C=O) groups excluding carboxylic acids is 2. The van der Waals surface area contributed by atoms with Gasteiger partial charge < -0.3 is 10.6 Å². The Morgan fingerprint density at radius 3 is 2.96 bits per heavy atom. The summed E-state index contributed by atoms with van der Waals surface area (Å²) in [6, 6.07) is 8.06. The van der Waals surface area contributed by atoms with Crippen molar-refractivity contribution < 1.29 is 9.59 Å². The summed E-state index contributed by atoms with van der Waals surface area (Å²) in [5, 5.41) is 8.86. The van der Waals surface area contributed by atoms with Gasteiger partial charge in [-0.05, 0) is 31.9 Å². The Labute approximate surface area is 145 Å². The number of thiazole rings is 1. The number of aryl methyl sites for hydroxylation is 1. The Hall–Kier alpha value is -2.21. The zero-order valence-electron chi connectivity index (χ0n) is 13.9. The van der Waals surface area contributed by atoms with E-state index in [0.717, 1.165) is 21.8 Å². The minimum absolute atomic E-state index is 0.0163. The average molecular weight is 343 g/mol. The van der Waals surface area contributed by atoms with Gasteiger partial charge in [0.25, 0.3) is 0 Å². The lowest BCUT2D eigenvalue weighted by Crippen LogP contribution is -2.50. The zero-order valence-corrected chi connectivity index (χ0v) is 14.7. The molecule has 5 nitrogen and oxygen atoms in total. The minimum atomic E-state index is -0.530. The molecule has 2 heterocycles. The highest BCUT2D eigenvalue weighted by Crippen LogP contribution is 2.26. The van der Waals surface area contributed by atoms with Gasteiger partial charge in [0.15, 0.2) is 0 Å². The summed E-state index contributed by atoms with van der Waals surface area (Å²) >= 11 is 1.63. The third-order valence-electron chi connectivity index (χ3n) is 4.42. The first-order chi connectivity index (χ1) is 11.5. The highest BCUT2D eigenvalue weighted by atomic mass is 32.1. The van der Waals surface area contributed by atoms with E-state index in [1.165, 1.54) is 0 Å². The fourth-order valence-corrected chi connectivity index (χ4v) is 3.41. The first-order valence-electron chi connectivity index (χ1n) is 8.03.